The summed E-state index contributed by atoms with van der Waals surface area (Å²) in [6.45, 7) is 14.6. The van der Waals surface area contributed by atoms with Crippen molar-refractivity contribution in [3.63, 3.8) is 0 Å². The molecule has 2 aromatic heterocycles. The normalized spacial score (nSPS) is 12.0. The number of hydrogen-bond donors (Lipinski definition) is 2. The van der Waals surface area contributed by atoms with Crippen molar-refractivity contribution in [3.8, 4) is 33.9 Å². The quantitative estimate of drug-likeness (QED) is 0.0600. The summed E-state index contributed by atoms with van der Waals surface area (Å²) in [7, 11) is 7.24. The van der Waals surface area contributed by atoms with Crippen LogP contribution in [-0.4, -0.2) is 98.0 Å². The lowest BCUT2D eigenvalue weighted by Gasteiger charge is -2.18. The van der Waals surface area contributed by atoms with Gasteiger partial charge in [-0.05, 0) is 95.8 Å². The van der Waals surface area contributed by atoms with Crippen LogP contribution in [0.5, 0.6) is 11.5 Å². The van der Waals surface area contributed by atoms with Crippen LogP contribution in [0.1, 0.15) is 87.2 Å². The number of methoxy groups -OCH3 is 2. The van der Waals surface area contributed by atoms with E-state index in [1.807, 2.05) is 20.9 Å². The molecule has 0 saturated heterocycles. The van der Waals surface area contributed by atoms with E-state index in [4.69, 9.17) is 18.9 Å². The predicted octanol–water partition coefficient (Wildman–Crippen LogP) is 9.51. The number of hydrogen-bond acceptors (Lipinski definition) is 8. The van der Waals surface area contributed by atoms with Crippen molar-refractivity contribution in [1.82, 2.24) is 30.2 Å². The largest absolute Gasteiger partial charge is 0.491 e. The Morgan fingerprint density at radius 1 is 0.643 bits per heavy atom. The summed E-state index contributed by atoms with van der Waals surface area (Å²) < 4.78 is 77.5. The van der Waals surface area contributed by atoms with Crippen molar-refractivity contribution in [2.75, 3.05) is 67.8 Å². The van der Waals surface area contributed by atoms with Crippen molar-refractivity contribution < 1.29 is 36.5 Å². The molecule has 0 aliphatic rings. The third-order valence-corrected chi connectivity index (χ3v) is 9.23. The first-order valence-electron chi connectivity index (χ1n) is 19.3. The summed E-state index contributed by atoms with van der Waals surface area (Å²) in [5, 5.41) is 14.8. The molecule has 0 bridgehead atoms. The smallest absolute Gasteiger partial charge is 0.270 e. The first-order valence-corrected chi connectivity index (χ1v) is 19.3. The summed E-state index contributed by atoms with van der Waals surface area (Å²) in [5.74, 6) is -5.15. The van der Waals surface area contributed by atoms with E-state index in [0.29, 0.717) is 67.8 Å². The van der Waals surface area contributed by atoms with Gasteiger partial charge < -0.3 is 28.7 Å². The fourth-order valence-corrected chi connectivity index (χ4v) is 6.04. The number of aromatic amines is 2. The molecule has 2 N–H and O–H groups in total. The maximum absolute atomic E-state index is 14.1. The number of aryl methyl sites for hydroxylation is 2. The van der Waals surface area contributed by atoms with Crippen LogP contribution in [0.4, 0.5) is 17.6 Å². The fourth-order valence-electron chi connectivity index (χ4n) is 6.04. The van der Waals surface area contributed by atoms with E-state index in [0.717, 1.165) is 80.8 Å². The molecular formula is C42H62F4N6O4. The molecule has 4 aromatic rings. The highest BCUT2D eigenvalue weighted by molar-refractivity contribution is 5.71. The number of nitrogens with zero attached hydrogens (tertiary/aromatic N) is 4. The predicted molar refractivity (Wildman–Crippen MR) is 214 cm³/mol. The van der Waals surface area contributed by atoms with Gasteiger partial charge in [0.05, 0.1) is 24.6 Å². The Balaban J connectivity index is 0.000000300. The van der Waals surface area contributed by atoms with Gasteiger partial charge in [-0.25, -0.2) is 17.6 Å². The minimum absolute atomic E-state index is 0.0803. The highest BCUT2D eigenvalue weighted by atomic mass is 19.3. The average Bonchev–Trinajstić information content (AvgIpc) is 3.69. The molecule has 0 radical (unpaired) electrons. The van der Waals surface area contributed by atoms with Crippen molar-refractivity contribution in [2.45, 2.75) is 92.2 Å². The van der Waals surface area contributed by atoms with E-state index < -0.39 is 11.8 Å². The molecule has 14 heteroatoms. The molecule has 0 spiro atoms. The van der Waals surface area contributed by atoms with Crippen LogP contribution in [-0.2, 0) is 34.4 Å². The summed E-state index contributed by atoms with van der Waals surface area (Å²) >= 11 is 0. The molecule has 0 aliphatic heterocycles. The second kappa shape index (κ2) is 22.1. The second-order valence-electron chi connectivity index (χ2n) is 14.5. The zero-order chi connectivity index (χ0) is 41.5. The molecule has 0 amide bonds. The van der Waals surface area contributed by atoms with Gasteiger partial charge in [-0.15, -0.1) is 0 Å². The van der Waals surface area contributed by atoms with Crippen LogP contribution < -0.4 is 9.47 Å². The van der Waals surface area contributed by atoms with Gasteiger partial charge in [0, 0.05) is 80.4 Å². The number of H-pyrrole nitrogens is 2. The van der Waals surface area contributed by atoms with Crippen molar-refractivity contribution >= 4 is 0 Å². The SMILES string of the molecule is CCCCN(C)Cc1c(-c2cc(OCCOC)cc(C(C)(F)F)c2)n[nH]c1C.CCCCN(C)Cc1n[nH]c(C)c1-c1cc(OCCOC)cc(C(C)(F)F)c1. The van der Waals surface area contributed by atoms with Gasteiger partial charge >= 0.3 is 0 Å². The lowest BCUT2D eigenvalue weighted by molar-refractivity contribution is 0.0165. The Hall–Kier alpha value is -3.98. The van der Waals surface area contributed by atoms with Crippen LogP contribution in [0.3, 0.4) is 0 Å². The number of halogens is 4. The molecule has 56 heavy (non-hydrogen) atoms. The number of unbranched alkanes of at least 4 members (excludes halogenated alkanes) is 2. The Morgan fingerprint density at radius 2 is 1.12 bits per heavy atom. The first-order chi connectivity index (χ1) is 26.5. The molecule has 10 nitrogen and oxygen atoms in total. The molecule has 0 saturated carbocycles. The topological polar surface area (TPSA) is 101 Å². The van der Waals surface area contributed by atoms with Gasteiger partial charge in [0.2, 0.25) is 0 Å². The minimum atomic E-state index is -2.97. The van der Waals surface area contributed by atoms with Gasteiger partial charge in [0.15, 0.2) is 0 Å². The molecule has 0 aliphatic carbocycles. The van der Waals surface area contributed by atoms with E-state index in [2.05, 4.69) is 51.1 Å². The standard InChI is InChI=1S/2C21H31F2N3O2/c1-6-7-8-26(4)14-19-20(15(2)24-25-19)16-11-17(21(3,22)23)13-18(12-16)28-10-9-27-5;1-6-7-8-26(4)14-19-15(2)24-25-20(19)16-11-17(21(3,22)23)13-18(12-16)28-10-9-27-5/h2*11-13H,6-10,14H2,1-5H3,(H,24,25). The van der Waals surface area contributed by atoms with Crippen LogP contribution in [0.15, 0.2) is 36.4 Å². The van der Waals surface area contributed by atoms with E-state index >= 15 is 0 Å². The highest BCUT2D eigenvalue weighted by Gasteiger charge is 2.28. The summed E-state index contributed by atoms with van der Waals surface area (Å²) in [4.78, 5) is 4.41. The van der Waals surface area contributed by atoms with Gasteiger partial charge in [0.25, 0.3) is 11.8 Å². The third-order valence-electron chi connectivity index (χ3n) is 9.23. The summed E-state index contributed by atoms with van der Waals surface area (Å²) in [5.41, 5.74) is 6.30. The molecule has 0 atom stereocenters. The van der Waals surface area contributed by atoms with Crippen molar-refractivity contribution in [3.05, 3.63) is 70.2 Å². The average molecular weight is 791 g/mol. The lowest BCUT2D eigenvalue weighted by Crippen LogP contribution is -2.19. The Kier molecular flexibility index (Phi) is 18.3. The van der Waals surface area contributed by atoms with E-state index in [-0.39, 0.29) is 11.1 Å². The van der Waals surface area contributed by atoms with Crippen molar-refractivity contribution in [1.29, 1.82) is 0 Å². The molecule has 2 aromatic carbocycles. The monoisotopic (exact) mass is 790 g/mol. The van der Waals surface area contributed by atoms with E-state index in [1.165, 1.54) is 24.3 Å². The number of alkyl halides is 4. The molecule has 2 heterocycles. The van der Waals surface area contributed by atoms with E-state index in [9.17, 15) is 17.6 Å². The Bertz CT molecular complexity index is 1770. The van der Waals surface area contributed by atoms with Crippen molar-refractivity contribution in [2.24, 2.45) is 0 Å². The molecule has 0 fully saturated rings. The number of nitrogens with one attached hydrogen (secondary N) is 2. The summed E-state index contributed by atoms with van der Waals surface area (Å²) in [6, 6.07) is 9.34. The van der Waals surface area contributed by atoms with Gasteiger partial charge in [-0.1, -0.05) is 26.7 Å². The van der Waals surface area contributed by atoms with Crippen LogP contribution >= 0.6 is 0 Å². The zero-order valence-electron chi connectivity index (χ0n) is 34.9. The third kappa shape index (κ3) is 14.2. The minimum Gasteiger partial charge on any atom is -0.491 e. The first kappa shape index (κ1) is 46.4. The Labute approximate surface area is 330 Å². The van der Waals surface area contributed by atoms with E-state index in [1.54, 1.807) is 26.4 Å². The maximum Gasteiger partial charge on any atom is 0.270 e. The lowest BCUT2D eigenvalue weighted by atomic mass is 9.98. The maximum atomic E-state index is 14.1. The van der Waals surface area contributed by atoms with Gasteiger partial charge in [0.1, 0.15) is 24.7 Å². The van der Waals surface area contributed by atoms with Gasteiger partial charge in [-0.3, -0.25) is 10.2 Å². The fraction of sp³-hybridized carbons (Fsp3) is 0.571. The Morgan fingerprint density at radius 3 is 1.62 bits per heavy atom. The zero-order valence-corrected chi connectivity index (χ0v) is 34.9. The molecular weight excluding hydrogens is 728 g/mol. The number of aromatic nitrogens is 4. The van der Waals surface area contributed by atoms with Crippen LogP contribution in [0, 0.1) is 13.8 Å². The number of ether oxygens (including phenoxy) is 4. The molecule has 4 rings (SSSR count). The second-order valence-corrected chi connectivity index (χ2v) is 14.5. The summed E-state index contributed by atoms with van der Waals surface area (Å²) in [6.07, 6.45) is 4.45. The van der Waals surface area contributed by atoms with Gasteiger partial charge in [-0.2, -0.15) is 10.2 Å². The van der Waals surface area contributed by atoms with Crippen LogP contribution in [0.2, 0.25) is 0 Å². The highest BCUT2D eigenvalue weighted by Crippen LogP contribution is 2.37. The number of rotatable bonds is 22. The molecule has 0 unspecified atom stereocenters. The number of benzene rings is 2. The van der Waals surface area contributed by atoms with Crippen LogP contribution in [0.25, 0.3) is 22.4 Å². The molecule has 312 valence electrons.